The highest BCUT2D eigenvalue weighted by Crippen LogP contribution is 2.20. The van der Waals surface area contributed by atoms with Gasteiger partial charge in [0.25, 0.3) is 0 Å². The number of rotatable bonds is 0. The fourth-order valence-corrected chi connectivity index (χ4v) is 1.35. The molecule has 0 spiro atoms. The molecule has 62 valence electrons. The summed E-state index contributed by atoms with van der Waals surface area (Å²) < 4.78 is 0. The zero-order chi connectivity index (χ0) is 8.65. The maximum absolute atomic E-state index is 10.9. The first-order valence-electron chi connectivity index (χ1n) is 3.23. The van der Waals surface area contributed by atoms with Crippen LogP contribution in [0.4, 0.5) is 9.59 Å². The molecule has 0 aromatic carbocycles. The second kappa shape index (κ2) is 2.37. The van der Waals surface area contributed by atoms with Crippen LogP contribution < -0.4 is 5.32 Å². The monoisotopic (exact) mass is 176 g/mol. The predicted octanol–water partition coefficient (Wildman–Crippen LogP) is 1.15. The van der Waals surface area contributed by atoms with Crippen LogP contribution in [0, 0.1) is 0 Å². The van der Waals surface area contributed by atoms with Crippen molar-refractivity contribution in [3.8, 4) is 0 Å². The standard InChI is InChI=1S/C6H9ClN2O2/c1-6(2)3-8-5(11)9(6)4(7)10/h3H2,1-2H3,(H,8,11). The SMILES string of the molecule is CC1(C)CNC(=O)N1C(=O)Cl. The maximum atomic E-state index is 10.9. The second-order valence-electron chi connectivity index (χ2n) is 3.06. The highest BCUT2D eigenvalue weighted by Gasteiger charge is 2.41. The molecule has 0 aromatic heterocycles. The van der Waals surface area contributed by atoms with Crippen LogP contribution in [0.2, 0.25) is 0 Å². The summed E-state index contributed by atoms with van der Waals surface area (Å²) in [5.74, 6) is 0. The number of carbonyl (C=O) groups is 2. The van der Waals surface area contributed by atoms with Gasteiger partial charge in [-0.1, -0.05) is 0 Å². The molecule has 0 aliphatic carbocycles. The highest BCUT2D eigenvalue weighted by molar-refractivity contribution is 6.64. The van der Waals surface area contributed by atoms with E-state index >= 15 is 0 Å². The van der Waals surface area contributed by atoms with Crippen LogP contribution in [0.15, 0.2) is 0 Å². The third kappa shape index (κ3) is 1.30. The Morgan fingerprint density at radius 2 is 2.27 bits per heavy atom. The summed E-state index contributed by atoms with van der Waals surface area (Å²) in [6, 6.07) is -0.421. The van der Waals surface area contributed by atoms with E-state index in [-0.39, 0.29) is 0 Å². The molecule has 0 radical (unpaired) electrons. The van der Waals surface area contributed by atoms with E-state index < -0.39 is 16.9 Å². The number of halogens is 1. The number of nitrogens with one attached hydrogen (secondary N) is 1. The number of amides is 3. The Kier molecular flexibility index (Phi) is 1.80. The van der Waals surface area contributed by atoms with Gasteiger partial charge in [-0.15, -0.1) is 0 Å². The Labute approximate surface area is 69.5 Å². The van der Waals surface area contributed by atoms with Crippen LogP contribution in [0.3, 0.4) is 0 Å². The first-order valence-corrected chi connectivity index (χ1v) is 3.60. The van der Waals surface area contributed by atoms with Gasteiger partial charge in [0.05, 0.1) is 5.54 Å². The molecular weight excluding hydrogens is 168 g/mol. The molecule has 11 heavy (non-hydrogen) atoms. The van der Waals surface area contributed by atoms with E-state index in [4.69, 9.17) is 11.6 Å². The van der Waals surface area contributed by atoms with E-state index in [0.717, 1.165) is 4.90 Å². The summed E-state index contributed by atoms with van der Waals surface area (Å²) in [6.07, 6.45) is 0. The average Bonchev–Trinajstić information content (AvgIpc) is 2.06. The molecule has 1 heterocycles. The van der Waals surface area contributed by atoms with Gasteiger partial charge in [-0.25, -0.2) is 9.69 Å². The van der Waals surface area contributed by atoms with Gasteiger partial charge in [0.1, 0.15) is 0 Å². The molecule has 1 N–H and O–H groups in total. The summed E-state index contributed by atoms with van der Waals surface area (Å²) in [7, 11) is 0. The van der Waals surface area contributed by atoms with Crippen LogP contribution in [0.1, 0.15) is 13.8 Å². The lowest BCUT2D eigenvalue weighted by atomic mass is 10.1. The molecule has 1 aliphatic rings. The fourth-order valence-electron chi connectivity index (χ4n) is 1.04. The third-order valence-electron chi connectivity index (χ3n) is 1.66. The Hall–Kier alpha value is -0.770. The lowest BCUT2D eigenvalue weighted by molar-refractivity contribution is 0.185. The van der Waals surface area contributed by atoms with Crippen molar-refractivity contribution in [2.75, 3.05) is 6.54 Å². The Morgan fingerprint density at radius 1 is 1.73 bits per heavy atom. The molecule has 1 fully saturated rings. The Balaban J connectivity index is 2.89. The Bertz CT molecular complexity index is 215. The molecule has 0 aromatic rings. The van der Waals surface area contributed by atoms with E-state index in [2.05, 4.69) is 5.32 Å². The van der Waals surface area contributed by atoms with Gasteiger partial charge >= 0.3 is 11.4 Å². The lowest BCUT2D eigenvalue weighted by Gasteiger charge is -2.24. The molecule has 0 unspecified atom stereocenters. The van der Waals surface area contributed by atoms with Crippen LogP contribution in [-0.2, 0) is 0 Å². The first-order chi connectivity index (χ1) is 4.95. The van der Waals surface area contributed by atoms with E-state index in [1.807, 2.05) is 0 Å². The minimum absolute atomic E-state index is 0.421. The topological polar surface area (TPSA) is 49.4 Å². The Morgan fingerprint density at radius 3 is 2.45 bits per heavy atom. The van der Waals surface area contributed by atoms with Crippen molar-refractivity contribution in [2.45, 2.75) is 19.4 Å². The normalized spacial score (nSPS) is 21.7. The minimum atomic E-state index is -0.731. The number of carbonyl (C=O) groups excluding carboxylic acids is 2. The lowest BCUT2D eigenvalue weighted by Crippen LogP contribution is -2.43. The van der Waals surface area contributed by atoms with E-state index in [0.29, 0.717) is 6.54 Å². The van der Waals surface area contributed by atoms with Crippen LogP contribution >= 0.6 is 11.6 Å². The van der Waals surface area contributed by atoms with Crippen LogP contribution in [-0.4, -0.2) is 28.4 Å². The first kappa shape index (κ1) is 8.33. The third-order valence-corrected chi connectivity index (χ3v) is 1.83. The molecule has 0 bridgehead atoms. The molecule has 5 heteroatoms. The smallest absolute Gasteiger partial charge is 0.325 e. The van der Waals surface area contributed by atoms with E-state index in [1.165, 1.54) is 0 Å². The van der Waals surface area contributed by atoms with Gasteiger partial charge in [0, 0.05) is 6.54 Å². The van der Waals surface area contributed by atoms with Crippen molar-refractivity contribution in [2.24, 2.45) is 0 Å². The number of urea groups is 1. The summed E-state index contributed by atoms with van der Waals surface area (Å²) in [5.41, 5.74) is -0.504. The van der Waals surface area contributed by atoms with Crippen LogP contribution in [0.25, 0.3) is 0 Å². The number of hydrogen-bond acceptors (Lipinski definition) is 2. The fraction of sp³-hybridized carbons (Fsp3) is 0.667. The van der Waals surface area contributed by atoms with Gasteiger partial charge in [0.15, 0.2) is 0 Å². The van der Waals surface area contributed by atoms with Crippen molar-refractivity contribution in [1.29, 1.82) is 0 Å². The molecular formula is C6H9ClN2O2. The zero-order valence-electron chi connectivity index (χ0n) is 6.35. The molecule has 1 aliphatic heterocycles. The molecule has 1 saturated heterocycles. The summed E-state index contributed by atoms with van der Waals surface area (Å²) in [4.78, 5) is 22.7. The van der Waals surface area contributed by atoms with Crippen molar-refractivity contribution in [3.63, 3.8) is 0 Å². The summed E-state index contributed by atoms with van der Waals surface area (Å²) >= 11 is 5.19. The highest BCUT2D eigenvalue weighted by atomic mass is 35.5. The quantitative estimate of drug-likeness (QED) is 0.445. The molecule has 4 nitrogen and oxygen atoms in total. The number of nitrogens with zero attached hydrogens (tertiary/aromatic N) is 1. The average molecular weight is 177 g/mol. The van der Waals surface area contributed by atoms with Crippen molar-refractivity contribution in [1.82, 2.24) is 10.2 Å². The minimum Gasteiger partial charge on any atom is -0.335 e. The number of hydrogen-bond donors (Lipinski definition) is 1. The maximum Gasteiger partial charge on any atom is 0.325 e. The van der Waals surface area contributed by atoms with Crippen LogP contribution in [0.5, 0.6) is 0 Å². The molecule has 0 saturated carbocycles. The predicted molar refractivity (Wildman–Crippen MR) is 40.6 cm³/mol. The van der Waals surface area contributed by atoms with Gasteiger partial charge in [0.2, 0.25) is 0 Å². The second-order valence-corrected chi connectivity index (χ2v) is 3.38. The van der Waals surface area contributed by atoms with Crippen molar-refractivity contribution >= 4 is 23.0 Å². The summed E-state index contributed by atoms with van der Waals surface area (Å²) in [5, 5.41) is 1.79. The van der Waals surface area contributed by atoms with E-state index in [1.54, 1.807) is 13.8 Å². The molecule has 3 amide bonds. The van der Waals surface area contributed by atoms with Gasteiger partial charge < -0.3 is 5.32 Å². The number of imide groups is 1. The van der Waals surface area contributed by atoms with Crippen molar-refractivity contribution in [3.05, 3.63) is 0 Å². The van der Waals surface area contributed by atoms with Crippen molar-refractivity contribution < 1.29 is 9.59 Å². The van der Waals surface area contributed by atoms with Gasteiger partial charge in [-0.2, -0.15) is 0 Å². The largest absolute Gasteiger partial charge is 0.335 e. The van der Waals surface area contributed by atoms with Gasteiger partial charge in [-0.3, -0.25) is 4.79 Å². The summed E-state index contributed by atoms with van der Waals surface area (Å²) in [6.45, 7) is 3.99. The van der Waals surface area contributed by atoms with Gasteiger partial charge in [-0.05, 0) is 25.4 Å². The zero-order valence-corrected chi connectivity index (χ0v) is 7.10. The molecule has 0 atom stereocenters. The van der Waals surface area contributed by atoms with E-state index in [9.17, 15) is 9.59 Å². The molecule has 1 rings (SSSR count).